The second-order valence-corrected chi connectivity index (χ2v) is 3.93. The lowest BCUT2D eigenvalue weighted by Gasteiger charge is -2.04. The highest BCUT2D eigenvalue weighted by Crippen LogP contribution is 2.23. The third kappa shape index (κ3) is 2.29. The van der Waals surface area contributed by atoms with Gasteiger partial charge in [0.15, 0.2) is 0 Å². The number of rotatable bonds is 3. The summed E-state index contributed by atoms with van der Waals surface area (Å²) in [5, 5.41) is 14.9. The molecule has 88 valence electrons. The van der Waals surface area contributed by atoms with Crippen molar-refractivity contribution in [2.24, 2.45) is 0 Å². The fraction of sp³-hybridized carbons (Fsp3) is 0.182. The van der Waals surface area contributed by atoms with Crippen molar-refractivity contribution in [2.45, 2.75) is 12.8 Å². The van der Waals surface area contributed by atoms with Gasteiger partial charge in [0.25, 0.3) is 5.69 Å². The lowest BCUT2D eigenvalue weighted by molar-refractivity contribution is -0.385. The van der Waals surface area contributed by atoms with E-state index in [9.17, 15) is 10.1 Å². The Balaban J connectivity index is 2.48. The van der Waals surface area contributed by atoms with Crippen LogP contribution in [0.1, 0.15) is 11.1 Å². The Hall–Kier alpha value is -1.88. The molecule has 1 aromatic heterocycles. The van der Waals surface area contributed by atoms with Gasteiger partial charge in [0.2, 0.25) is 0 Å². The summed E-state index contributed by atoms with van der Waals surface area (Å²) in [5.74, 6) is 0.102. The smallest absolute Gasteiger partial charge is 0.258 e. The summed E-state index contributed by atoms with van der Waals surface area (Å²) in [6.45, 7) is 1.93. The van der Waals surface area contributed by atoms with Crippen molar-refractivity contribution in [3.8, 4) is 5.69 Å². The summed E-state index contributed by atoms with van der Waals surface area (Å²) < 4.78 is 1.66. The zero-order valence-corrected chi connectivity index (χ0v) is 9.89. The Morgan fingerprint density at radius 2 is 2.29 bits per heavy atom. The quantitative estimate of drug-likeness (QED) is 0.479. The Labute approximate surface area is 103 Å². The van der Waals surface area contributed by atoms with Gasteiger partial charge in [0.1, 0.15) is 0 Å². The number of hydrogen-bond acceptors (Lipinski definition) is 3. The summed E-state index contributed by atoms with van der Waals surface area (Å²) >= 11 is 5.71. The minimum atomic E-state index is -0.435. The van der Waals surface area contributed by atoms with Gasteiger partial charge in [-0.2, -0.15) is 5.10 Å². The minimum absolute atomic E-state index is 0.0348. The van der Waals surface area contributed by atoms with Gasteiger partial charge in [0, 0.05) is 17.8 Å². The molecule has 17 heavy (non-hydrogen) atoms. The van der Waals surface area contributed by atoms with Gasteiger partial charge in [-0.05, 0) is 24.6 Å². The molecular formula is C11H10ClN3O2. The molecule has 0 radical (unpaired) electrons. The Morgan fingerprint density at radius 3 is 2.82 bits per heavy atom. The molecule has 2 rings (SSSR count). The molecular weight excluding hydrogens is 242 g/mol. The van der Waals surface area contributed by atoms with E-state index < -0.39 is 4.92 Å². The Morgan fingerprint density at radius 1 is 1.53 bits per heavy atom. The largest absolute Gasteiger partial charge is 0.273 e. The highest BCUT2D eigenvalue weighted by molar-refractivity contribution is 6.17. The van der Waals surface area contributed by atoms with Crippen molar-refractivity contribution in [3.05, 3.63) is 51.8 Å². The fourth-order valence-corrected chi connectivity index (χ4v) is 1.77. The third-order valence-electron chi connectivity index (χ3n) is 2.38. The van der Waals surface area contributed by atoms with Crippen LogP contribution in [0, 0.1) is 17.0 Å². The first-order chi connectivity index (χ1) is 8.11. The second kappa shape index (κ2) is 4.55. The van der Waals surface area contributed by atoms with Gasteiger partial charge >= 0.3 is 0 Å². The van der Waals surface area contributed by atoms with Gasteiger partial charge in [-0.15, -0.1) is 11.6 Å². The number of halogens is 1. The second-order valence-electron chi connectivity index (χ2n) is 3.67. The van der Waals surface area contributed by atoms with Crippen LogP contribution in [0.2, 0.25) is 0 Å². The first-order valence-corrected chi connectivity index (χ1v) is 5.50. The van der Waals surface area contributed by atoms with Crippen molar-refractivity contribution in [2.75, 3.05) is 0 Å². The Bertz CT molecular complexity index is 566. The molecule has 6 heteroatoms. The van der Waals surface area contributed by atoms with Gasteiger partial charge in [-0.25, -0.2) is 4.68 Å². The van der Waals surface area contributed by atoms with Crippen LogP contribution in [-0.4, -0.2) is 14.7 Å². The standard InChI is InChI=1S/C11H10ClN3O2/c1-8-6-13-14(7-8)10-2-3-11(15(16)17)9(4-10)5-12/h2-4,6-7H,5H2,1H3. The molecule has 0 aliphatic rings. The maximum Gasteiger partial charge on any atom is 0.273 e. The number of aryl methyl sites for hydroxylation is 1. The Kier molecular flexibility index (Phi) is 3.10. The molecule has 2 aromatic rings. The zero-order valence-electron chi connectivity index (χ0n) is 9.13. The number of hydrogen-bond donors (Lipinski definition) is 0. The predicted molar refractivity (Wildman–Crippen MR) is 64.5 cm³/mol. The van der Waals surface area contributed by atoms with E-state index in [1.165, 1.54) is 6.07 Å². The number of alkyl halides is 1. The number of nitro groups is 1. The van der Waals surface area contributed by atoms with Gasteiger partial charge in [-0.1, -0.05) is 0 Å². The van der Waals surface area contributed by atoms with E-state index in [1.807, 2.05) is 13.1 Å². The molecule has 1 aromatic carbocycles. The SMILES string of the molecule is Cc1cnn(-c2ccc([N+](=O)[O-])c(CCl)c2)c1. The van der Waals surface area contributed by atoms with Crippen molar-refractivity contribution in [1.29, 1.82) is 0 Å². The van der Waals surface area contributed by atoms with Crippen molar-refractivity contribution >= 4 is 17.3 Å². The van der Waals surface area contributed by atoms with Crippen molar-refractivity contribution in [3.63, 3.8) is 0 Å². The molecule has 0 amide bonds. The topological polar surface area (TPSA) is 61.0 Å². The lowest BCUT2D eigenvalue weighted by Crippen LogP contribution is -1.98. The van der Waals surface area contributed by atoms with Crippen LogP contribution >= 0.6 is 11.6 Å². The predicted octanol–water partition coefficient (Wildman–Crippen LogP) is 2.83. The van der Waals surface area contributed by atoms with E-state index in [4.69, 9.17) is 11.6 Å². The average Bonchev–Trinajstić information content (AvgIpc) is 2.75. The lowest BCUT2D eigenvalue weighted by atomic mass is 10.2. The fourth-order valence-electron chi connectivity index (χ4n) is 1.55. The minimum Gasteiger partial charge on any atom is -0.258 e. The molecule has 0 bridgehead atoms. The highest BCUT2D eigenvalue weighted by Gasteiger charge is 2.13. The highest BCUT2D eigenvalue weighted by atomic mass is 35.5. The summed E-state index contributed by atoms with van der Waals surface area (Å²) in [4.78, 5) is 10.3. The number of benzene rings is 1. The van der Waals surface area contributed by atoms with Crippen molar-refractivity contribution < 1.29 is 4.92 Å². The summed E-state index contributed by atoms with van der Waals surface area (Å²) in [6, 6.07) is 4.78. The number of nitrogens with zero attached hydrogens (tertiary/aromatic N) is 3. The molecule has 0 saturated heterocycles. The van der Waals surface area contributed by atoms with E-state index in [0.717, 1.165) is 11.3 Å². The zero-order chi connectivity index (χ0) is 12.4. The van der Waals surface area contributed by atoms with Crippen LogP contribution in [0.4, 0.5) is 5.69 Å². The molecule has 0 saturated carbocycles. The number of nitro benzene ring substituents is 1. The van der Waals surface area contributed by atoms with Gasteiger partial charge in [-0.3, -0.25) is 10.1 Å². The van der Waals surface area contributed by atoms with Crippen LogP contribution in [0.3, 0.4) is 0 Å². The molecule has 0 unspecified atom stereocenters. The van der Waals surface area contributed by atoms with E-state index >= 15 is 0 Å². The van der Waals surface area contributed by atoms with Crippen LogP contribution in [-0.2, 0) is 5.88 Å². The summed E-state index contributed by atoms with van der Waals surface area (Å²) in [5.41, 5.74) is 2.31. The summed E-state index contributed by atoms with van der Waals surface area (Å²) in [7, 11) is 0. The molecule has 0 aliphatic heterocycles. The number of aromatic nitrogens is 2. The van der Waals surface area contributed by atoms with Crippen LogP contribution in [0.25, 0.3) is 5.69 Å². The monoisotopic (exact) mass is 251 g/mol. The van der Waals surface area contributed by atoms with E-state index in [-0.39, 0.29) is 11.6 Å². The first kappa shape index (κ1) is 11.6. The van der Waals surface area contributed by atoms with Crippen molar-refractivity contribution in [1.82, 2.24) is 9.78 Å². The summed E-state index contributed by atoms with van der Waals surface area (Å²) in [6.07, 6.45) is 3.57. The van der Waals surface area contributed by atoms with Crippen LogP contribution in [0.5, 0.6) is 0 Å². The maximum absolute atomic E-state index is 10.8. The average molecular weight is 252 g/mol. The maximum atomic E-state index is 10.8. The van der Waals surface area contributed by atoms with Crippen LogP contribution in [0.15, 0.2) is 30.6 Å². The van der Waals surface area contributed by atoms with Crippen LogP contribution < -0.4 is 0 Å². The van der Waals surface area contributed by atoms with E-state index in [0.29, 0.717) is 5.56 Å². The molecule has 0 atom stereocenters. The molecule has 0 N–H and O–H groups in total. The van der Waals surface area contributed by atoms with Gasteiger partial charge in [0.05, 0.1) is 22.7 Å². The molecule has 1 heterocycles. The third-order valence-corrected chi connectivity index (χ3v) is 2.67. The first-order valence-electron chi connectivity index (χ1n) is 4.96. The molecule has 0 fully saturated rings. The molecule has 0 aliphatic carbocycles. The van der Waals surface area contributed by atoms with Gasteiger partial charge < -0.3 is 0 Å². The van der Waals surface area contributed by atoms with E-state index in [1.54, 1.807) is 23.0 Å². The normalized spacial score (nSPS) is 10.5. The molecule has 0 spiro atoms. The molecule has 5 nitrogen and oxygen atoms in total. The van der Waals surface area contributed by atoms with E-state index in [2.05, 4.69) is 5.10 Å².